The molecular weight excluding hydrogens is 316 g/mol. The van der Waals surface area contributed by atoms with E-state index in [9.17, 15) is 13.2 Å². The minimum Gasteiger partial charge on any atom is -0.467 e. The highest BCUT2D eigenvalue weighted by Gasteiger charge is 2.23. The molecule has 1 aromatic heterocycles. The fourth-order valence-electron chi connectivity index (χ4n) is 2.00. The Balaban J connectivity index is 2.01. The second kappa shape index (κ2) is 6.97. The van der Waals surface area contributed by atoms with Crippen molar-refractivity contribution in [2.75, 3.05) is 13.6 Å². The molecule has 0 fully saturated rings. The van der Waals surface area contributed by atoms with Crippen LogP contribution in [0.1, 0.15) is 16.9 Å². The number of rotatable bonds is 6. The summed E-state index contributed by atoms with van der Waals surface area (Å²) in [7, 11) is -2.31. The minimum atomic E-state index is -3.70. The normalized spacial score (nSPS) is 11.7. The number of aryl methyl sites for hydroxylation is 2. The van der Waals surface area contributed by atoms with E-state index in [1.165, 1.54) is 13.3 Å². The highest BCUT2D eigenvalue weighted by molar-refractivity contribution is 7.89. The molecule has 0 aliphatic heterocycles. The molecule has 0 bridgehead atoms. The highest BCUT2D eigenvalue weighted by Crippen LogP contribution is 2.18. The zero-order valence-corrected chi connectivity index (χ0v) is 14.2. The van der Waals surface area contributed by atoms with Gasteiger partial charge in [-0.25, -0.2) is 8.42 Å². The van der Waals surface area contributed by atoms with Crippen molar-refractivity contribution in [2.45, 2.75) is 25.3 Å². The first kappa shape index (κ1) is 17.2. The third-order valence-electron chi connectivity index (χ3n) is 3.59. The summed E-state index contributed by atoms with van der Waals surface area (Å²) in [4.78, 5) is 12.1. The number of benzene rings is 1. The molecule has 1 amide bonds. The van der Waals surface area contributed by atoms with E-state index in [1.54, 1.807) is 30.3 Å². The first-order valence-electron chi connectivity index (χ1n) is 7.13. The molecular formula is C16H20N2O4S. The average molecular weight is 336 g/mol. The van der Waals surface area contributed by atoms with Gasteiger partial charge >= 0.3 is 0 Å². The van der Waals surface area contributed by atoms with Gasteiger partial charge in [0.05, 0.1) is 24.2 Å². The summed E-state index contributed by atoms with van der Waals surface area (Å²) in [5.41, 5.74) is 1.91. The number of nitrogens with one attached hydrogen (secondary N) is 1. The van der Waals surface area contributed by atoms with Gasteiger partial charge in [0, 0.05) is 7.05 Å². The van der Waals surface area contributed by atoms with Gasteiger partial charge in [-0.15, -0.1) is 0 Å². The van der Waals surface area contributed by atoms with Crippen molar-refractivity contribution in [3.8, 4) is 0 Å². The number of carbonyl (C=O) groups is 1. The topological polar surface area (TPSA) is 79.6 Å². The second-order valence-corrected chi connectivity index (χ2v) is 7.41. The smallest absolute Gasteiger partial charge is 0.243 e. The maximum Gasteiger partial charge on any atom is 0.243 e. The maximum absolute atomic E-state index is 12.5. The summed E-state index contributed by atoms with van der Waals surface area (Å²) < 4.78 is 31.1. The van der Waals surface area contributed by atoms with Crippen molar-refractivity contribution in [3.05, 3.63) is 53.5 Å². The number of furan rings is 1. The van der Waals surface area contributed by atoms with Gasteiger partial charge in [0.1, 0.15) is 5.76 Å². The third kappa shape index (κ3) is 4.20. The van der Waals surface area contributed by atoms with Gasteiger partial charge in [-0.05, 0) is 49.2 Å². The highest BCUT2D eigenvalue weighted by atomic mass is 32.2. The molecule has 2 aromatic rings. The van der Waals surface area contributed by atoms with Crippen LogP contribution in [0.4, 0.5) is 0 Å². The Morgan fingerprint density at radius 1 is 1.22 bits per heavy atom. The van der Waals surface area contributed by atoms with E-state index >= 15 is 0 Å². The van der Waals surface area contributed by atoms with Crippen LogP contribution in [0.15, 0.2) is 45.9 Å². The Kier molecular flexibility index (Phi) is 5.23. The van der Waals surface area contributed by atoms with Crippen LogP contribution in [0.3, 0.4) is 0 Å². The van der Waals surface area contributed by atoms with Crippen molar-refractivity contribution >= 4 is 15.9 Å². The maximum atomic E-state index is 12.5. The summed E-state index contributed by atoms with van der Waals surface area (Å²) >= 11 is 0. The molecule has 0 aliphatic carbocycles. The van der Waals surface area contributed by atoms with Gasteiger partial charge in [0.25, 0.3) is 0 Å². The number of sulfonamides is 1. The Hall–Kier alpha value is -2.12. The molecule has 0 saturated heterocycles. The molecule has 0 unspecified atom stereocenters. The lowest BCUT2D eigenvalue weighted by Gasteiger charge is -2.17. The lowest BCUT2D eigenvalue weighted by molar-refractivity contribution is -0.121. The van der Waals surface area contributed by atoms with E-state index in [0.29, 0.717) is 5.76 Å². The third-order valence-corrected chi connectivity index (χ3v) is 5.39. The number of hydrogen-bond donors (Lipinski definition) is 1. The summed E-state index contributed by atoms with van der Waals surface area (Å²) in [5, 5.41) is 2.62. The molecule has 2 rings (SSSR count). The first-order chi connectivity index (χ1) is 10.8. The standard InChI is InChI=1S/C16H20N2O4S/c1-12-6-7-15(9-13(12)2)23(20,21)18(3)11-16(19)17-10-14-5-4-8-22-14/h4-9H,10-11H2,1-3H3,(H,17,19). The molecule has 124 valence electrons. The summed E-state index contributed by atoms with van der Waals surface area (Å²) in [6.45, 7) is 3.74. The van der Waals surface area contributed by atoms with Crippen LogP contribution in [0, 0.1) is 13.8 Å². The van der Waals surface area contributed by atoms with E-state index in [4.69, 9.17) is 4.42 Å². The minimum absolute atomic E-state index is 0.182. The van der Waals surface area contributed by atoms with Crippen LogP contribution < -0.4 is 5.32 Å². The molecule has 6 nitrogen and oxygen atoms in total. The Bertz CT molecular complexity index is 782. The van der Waals surface area contributed by atoms with Crippen LogP contribution in [0.5, 0.6) is 0 Å². The predicted molar refractivity (Wildman–Crippen MR) is 86.3 cm³/mol. The van der Waals surface area contributed by atoms with E-state index < -0.39 is 15.9 Å². The molecule has 0 aliphatic rings. The van der Waals surface area contributed by atoms with Crippen LogP contribution in [0.2, 0.25) is 0 Å². The monoisotopic (exact) mass is 336 g/mol. The quantitative estimate of drug-likeness (QED) is 0.873. The molecule has 23 heavy (non-hydrogen) atoms. The Morgan fingerprint density at radius 3 is 2.57 bits per heavy atom. The van der Waals surface area contributed by atoms with E-state index in [0.717, 1.165) is 15.4 Å². The zero-order chi connectivity index (χ0) is 17.0. The van der Waals surface area contributed by atoms with Crippen LogP contribution in [-0.4, -0.2) is 32.2 Å². The molecule has 0 saturated carbocycles. The number of amides is 1. The fraction of sp³-hybridized carbons (Fsp3) is 0.312. The Morgan fingerprint density at radius 2 is 1.96 bits per heavy atom. The largest absolute Gasteiger partial charge is 0.467 e. The number of hydrogen-bond acceptors (Lipinski definition) is 4. The van der Waals surface area contributed by atoms with Crippen molar-refractivity contribution in [2.24, 2.45) is 0 Å². The molecule has 0 radical (unpaired) electrons. The second-order valence-electron chi connectivity index (χ2n) is 5.36. The lowest BCUT2D eigenvalue weighted by Crippen LogP contribution is -2.38. The SMILES string of the molecule is Cc1ccc(S(=O)(=O)N(C)CC(=O)NCc2ccco2)cc1C. The van der Waals surface area contributed by atoms with Crippen molar-refractivity contribution < 1.29 is 17.6 Å². The number of likely N-dealkylation sites (N-methyl/N-ethyl adjacent to an activating group) is 1. The van der Waals surface area contributed by atoms with Gasteiger partial charge in [0.15, 0.2) is 0 Å². The molecule has 1 N–H and O–H groups in total. The van der Waals surface area contributed by atoms with E-state index in [1.807, 2.05) is 13.8 Å². The first-order valence-corrected chi connectivity index (χ1v) is 8.57. The van der Waals surface area contributed by atoms with E-state index in [-0.39, 0.29) is 18.0 Å². The van der Waals surface area contributed by atoms with Gasteiger partial charge in [-0.1, -0.05) is 6.07 Å². The summed E-state index contributed by atoms with van der Waals surface area (Å²) in [6.07, 6.45) is 1.51. The van der Waals surface area contributed by atoms with Crippen molar-refractivity contribution in [1.29, 1.82) is 0 Å². The predicted octanol–water partition coefficient (Wildman–Crippen LogP) is 1.83. The molecule has 7 heteroatoms. The van der Waals surface area contributed by atoms with Gasteiger partial charge in [-0.3, -0.25) is 4.79 Å². The molecule has 0 atom stereocenters. The lowest BCUT2D eigenvalue weighted by atomic mass is 10.1. The van der Waals surface area contributed by atoms with Gasteiger partial charge in [-0.2, -0.15) is 4.31 Å². The molecule has 0 spiro atoms. The average Bonchev–Trinajstić information content (AvgIpc) is 3.01. The van der Waals surface area contributed by atoms with Crippen LogP contribution in [0.25, 0.3) is 0 Å². The van der Waals surface area contributed by atoms with Gasteiger partial charge in [0.2, 0.25) is 15.9 Å². The summed E-state index contributed by atoms with van der Waals surface area (Å²) in [5.74, 6) is 0.217. The van der Waals surface area contributed by atoms with Gasteiger partial charge < -0.3 is 9.73 Å². The molecule has 1 aromatic carbocycles. The number of nitrogens with zero attached hydrogens (tertiary/aromatic N) is 1. The Labute approximate surface area is 136 Å². The zero-order valence-electron chi connectivity index (χ0n) is 13.4. The summed E-state index contributed by atoms with van der Waals surface area (Å²) in [6, 6.07) is 8.37. The fourth-order valence-corrected chi connectivity index (χ4v) is 3.21. The van der Waals surface area contributed by atoms with Crippen LogP contribution in [-0.2, 0) is 21.4 Å². The van der Waals surface area contributed by atoms with Crippen molar-refractivity contribution in [3.63, 3.8) is 0 Å². The van der Waals surface area contributed by atoms with E-state index in [2.05, 4.69) is 5.32 Å². The van der Waals surface area contributed by atoms with Crippen LogP contribution >= 0.6 is 0 Å². The van der Waals surface area contributed by atoms with Crippen molar-refractivity contribution in [1.82, 2.24) is 9.62 Å². The molecule has 1 heterocycles. The number of carbonyl (C=O) groups excluding carboxylic acids is 1.